The van der Waals surface area contributed by atoms with Crippen molar-refractivity contribution in [3.63, 3.8) is 0 Å². The number of hydrogen-bond donors (Lipinski definition) is 1. The van der Waals surface area contributed by atoms with Gasteiger partial charge in [-0.25, -0.2) is 4.31 Å². The van der Waals surface area contributed by atoms with Crippen molar-refractivity contribution in [2.75, 3.05) is 28.2 Å². The molecule has 0 radical (unpaired) electrons. The molecule has 2 aromatic carbocycles. The quantitative estimate of drug-likeness (QED) is 0.890. The van der Waals surface area contributed by atoms with Crippen LogP contribution in [0, 0.1) is 5.92 Å². The van der Waals surface area contributed by atoms with Gasteiger partial charge in [0.15, 0.2) is 0 Å². The number of nitrogens with zero attached hydrogens (tertiary/aromatic N) is 2. The highest BCUT2D eigenvalue weighted by Crippen LogP contribution is 2.45. The number of hydrogen-bond acceptors (Lipinski definition) is 3. The van der Waals surface area contributed by atoms with Crippen molar-refractivity contribution in [2.24, 2.45) is 5.92 Å². The monoisotopic (exact) mass is 379 g/mol. The minimum absolute atomic E-state index is 0. The van der Waals surface area contributed by atoms with Crippen LogP contribution in [-0.2, 0) is 10.2 Å². The van der Waals surface area contributed by atoms with Crippen LogP contribution in [0.15, 0.2) is 54.6 Å². The molecule has 5 nitrogen and oxygen atoms in total. The van der Waals surface area contributed by atoms with Crippen molar-refractivity contribution < 1.29 is 8.42 Å². The van der Waals surface area contributed by atoms with Gasteiger partial charge in [-0.1, -0.05) is 30.3 Å². The molecule has 7 heteroatoms. The van der Waals surface area contributed by atoms with Crippen LogP contribution in [0.25, 0.3) is 0 Å². The maximum atomic E-state index is 13.3. The van der Waals surface area contributed by atoms with Crippen LogP contribution in [0.5, 0.6) is 0 Å². The number of nitrogens with one attached hydrogen (secondary N) is 1. The van der Waals surface area contributed by atoms with Gasteiger partial charge >= 0.3 is 10.2 Å². The van der Waals surface area contributed by atoms with E-state index < -0.39 is 10.2 Å². The fourth-order valence-electron chi connectivity index (χ4n) is 3.54. The number of benzene rings is 2. The Balaban J connectivity index is 0.00000182. The average Bonchev–Trinajstić information content (AvgIpc) is 2.84. The molecule has 2 aliphatic rings. The zero-order valence-corrected chi connectivity index (χ0v) is 15.5. The predicted molar refractivity (Wildman–Crippen MR) is 104 cm³/mol. The van der Waals surface area contributed by atoms with Crippen LogP contribution in [0.2, 0.25) is 0 Å². The minimum atomic E-state index is -3.60. The molecule has 134 valence electrons. The van der Waals surface area contributed by atoms with Crippen molar-refractivity contribution in [3.8, 4) is 0 Å². The number of rotatable bonds is 3. The second-order valence-electron chi connectivity index (χ2n) is 6.34. The smallest absolute Gasteiger partial charge is 0.316 e. The summed E-state index contributed by atoms with van der Waals surface area (Å²) in [6.45, 7) is 2.42. The van der Waals surface area contributed by atoms with Gasteiger partial charge in [-0.05, 0) is 56.1 Å². The van der Waals surface area contributed by atoms with E-state index in [1.165, 1.54) is 4.31 Å². The Hall–Kier alpha value is -1.76. The second kappa shape index (κ2) is 7.23. The third-order valence-electron chi connectivity index (χ3n) is 4.69. The van der Waals surface area contributed by atoms with Gasteiger partial charge in [0, 0.05) is 6.54 Å². The Labute approximate surface area is 155 Å². The van der Waals surface area contributed by atoms with E-state index >= 15 is 0 Å². The highest BCUT2D eigenvalue weighted by Gasteiger charge is 2.41. The van der Waals surface area contributed by atoms with Crippen molar-refractivity contribution >= 4 is 39.7 Å². The van der Waals surface area contributed by atoms with Gasteiger partial charge in [0.05, 0.1) is 17.1 Å². The molecule has 0 amide bonds. The number of anilines is 3. The SMILES string of the molecule is Cl.O=S1(=O)N(C[C@H]2CCCNC2)c2ccccc2N1c1ccccc1. The summed E-state index contributed by atoms with van der Waals surface area (Å²) in [7, 11) is -3.60. The number of fused-ring (bicyclic) bond motifs is 1. The molecule has 1 saturated heterocycles. The molecule has 2 aromatic rings. The molecular weight excluding hydrogens is 358 g/mol. The van der Waals surface area contributed by atoms with Crippen LogP contribution < -0.4 is 13.9 Å². The van der Waals surface area contributed by atoms with E-state index in [0.29, 0.717) is 18.2 Å². The van der Waals surface area contributed by atoms with E-state index in [0.717, 1.165) is 37.3 Å². The normalized spacial score (nSPS) is 21.5. The molecular formula is C18H22ClN3O2S. The molecule has 0 aromatic heterocycles. The van der Waals surface area contributed by atoms with Gasteiger partial charge in [0.2, 0.25) is 0 Å². The lowest BCUT2D eigenvalue weighted by atomic mass is 9.99. The van der Waals surface area contributed by atoms with Crippen LogP contribution in [-0.4, -0.2) is 28.1 Å². The van der Waals surface area contributed by atoms with Gasteiger partial charge in [-0.2, -0.15) is 8.42 Å². The third-order valence-corrected chi connectivity index (χ3v) is 6.46. The Bertz CT molecular complexity index is 823. The summed E-state index contributed by atoms with van der Waals surface area (Å²) in [5.74, 6) is 0.345. The van der Waals surface area contributed by atoms with E-state index in [-0.39, 0.29) is 12.4 Å². The van der Waals surface area contributed by atoms with E-state index in [9.17, 15) is 8.42 Å². The lowest BCUT2D eigenvalue weighted by Gasteiger charge is -2.28. The van der Waals surface area contributed by atoms with Gasteiger partial charge in [-0.15, -0.1) is 12.4 Å². The zero-order valence-electron chi connectivity index (χ0n) is 13.8. The molecule has 4 rings (SSSR count). The molecule has 25 heavy (non-hydrogen) atoms. The summed E-state index contributed by atoms with van der Waals surface area (Å²) in [4.78, 5) is 0. The van der Waals surface area contributed by atoms with E-state index in [4.69, 9.17) is 0 Å². The molecule has 0 bridgehead atoms. The largest absolute Gasteiger partial charge is 0.330 e. The topological polar surface area (TPSA) is 52.7 Å². The molecule has 0 unspecified atom stereocenters. The molecule has 1 fully saturated rings. The Morgan fingerprint density at radius 3 is 2.36 bits per heavy atom. The summed E-state index contributed by atoms with van der Waals surface area (Å²) in [6.07, 6.45) is 2.16. The van der Waals surface area contributed by atoms with Crippen LogP contribution >= 0.6 is 12.4 Å². The molecule has 0 saturated carbocycles. The van der Waals surface area contributed by atoms with Crippen LogP contribution in [0.3, 0.4) is 0 Å². The maximum Gasteiger partial charge on any atom is 0.330 e. The highest BCUT2D eigenvalue weighted by atomic mass is 35.5. The van der Waals surface area contributed by atoms with Gasteiger partial charge < -0.3 is 5.32 Å². The summed E-state index contributed by atoms with van der Waals surface area (Å²) in [5.41, 5.74) is 2.17. The van der Waals surface area contributed by atoms with Crippen molar-refractivity contribution in [3.05, 3.63) is 54.6 Å². The Morgan fingerprint density at radius 2 is 1.68 bits per heavy atom. The number of piperidine rings is 1. The van der Waals surface area contributed by atoms with Gasteiger partial charge in [-0.3, -0.25) is 4.31 Å². The first-order chi connectivity index (χ1) is 11.7. The second-order valence-corrected chi connectivity index (χ2v) is 8.04. The predicted octanol–water partition coefficient (Wildman–Crippen LogP) is 3.31. The van der Waals surface area contributed by atoms with Gasteiger partial charge in [0.1, 0.15) is 0 Å². The van der Waals surface area contributed by atoms with Crippen LogP contribution in [0.4, 0.5) is 17.1 Å². The fraction of sp³-hybridized carbons (Fsp3) is 0.333. The maximum absolute atomic E-state index is 13.3. The lowest BCUT2D eigenvalue weighted by Crippen LogP contribution is -2.42. The summed E-state index contributed by atoms with van der Waals surface area (Å²) >= 11 is 0. The van der Waals surface area contributed by atoms with Crippen molar-refractivity contribution in [2.45, 2.75) is 12.8 Å². The Morgan fingerprint density at radius 1 is 1.00 bits per heavy atom. The lowest BCUT2D eigenvalue weighted by molar-refractivity contribution is 0.386. The molecule has 2 heterocycles. The number of halogens is 1. The number of para-hydroxylation sites is 3. The fourth-order valence-corrected chi connectivity index (χ4v) is 5.33. The van der Waals surface area contributed by atoms with Gasteiger partial charge in [0.25, 0.3) is 0 Å². The minimum Gasteiger partial charge on any atom is -0.316 e. The average molecular weight is 380 g/mol. The molecule has 1 atom stereocenters. The zero-order chi connectivity index (χ0) is 16.6. The summed E-state index contributed by atoms with van der Waals surface area (Å²) < 4.78 is 29.5. The summed E-state index contributed by atoms with van der Waals surface area (Å²) in [5, 5.41) is 3.37. The first-order valence-corrected chi connectivity index (χ1v) is 9.75. The molecule has 0 aliphatic carbocycles. The molecule has 0 spiro atoms. The van der Waals surface area contributed by atoms with E-state index in [1.807, 2.05) is 54.6 Å². The summed E-state index contributed by atoms with van der Waals surface area (Å²) in [6, 6.07) is 16.8. The highest BCUT2D eigenvalue weighted by molar-refractivity contribution is 7.95. The standard InChI is InChI=1S/C18H21N3O2S.ClH/c22-24(23)20(14-15-7-6-12-19-13-15)17-10-4-5-11-18(17)21(24)16-8-2-1-3-9-16;/h1-5,8-11,15,19H,6-7,12-14H2;1H/t15-;/m0./s1. The van der Waals surface area contributed by atoms with Crippen molar-refractivity contribution in [1.29, 1.82) is 0 Å². The first kappa shape index (κ1) is 18.0. The molecule has 1 N–H and O–H groups in total. The Kier molecular flexibility index (Phi) is 5.22. The molecule has 2 aliphatic heterocycles. The third kappa shape index (κ3) is 3.21. The first-order valence-electron chi connectivity index (χ1n) is 8.36. The van der Waals surface area contributed by atoms with Crippen LogP contribution in [0.1, 0.15) is 12.8 Å². The van der Waals surface area contributed by atoms with Crippen molar-refractivity contribution in [1.82, 2.24) is 5.32 Å². The van der Waals surface area contributed by atoms with E-state index in [1.54, 1.807) is 4.31 Å². The van der Waals surface area contributed by atoms with E-state index in [2.05, 4.69) is 5.32 Å².